The molecule has 15 heteroatoms. The number of imide groups is 1. The first kappa shape index (κ1) is 27.9. The number of rotatable bonds is 4. The van der Waals surface area contributed by atoms with Gasteiger partial charge in [0.1, 0.15) is 17.3 Å². The van der Waals surface area contributed by atoms with Gasteiger partial charge >= 0.3 is 30.0 Å². The van der Waals surface area contributed by atoms with E-state index in [9.17, 15) is 29.4 Å². The minimum atomic E-state index is -4.05. The van der Waals surface area contributed by atoms with Crippen molar-refractivity contribution in [2.45, 2.75) is 77.1 Å². The number of carbonyl (C=O) groups excluding carboxylic acids is 2. The monoisotopic (exact) mass is 507 g/mol. The number of aliphatic hydroxyl groups is 1. The average molecular weight is 507 g/mol. The molecule has 0 aromatic carbocycles. The minimum Gasteiger partial charge on any atom is -0.464 e. The van der Waals surface area contributed by atoms with Crippen molar-refractivity contribution in [3.05, 3.63) is 22.7 Å². The first-order chi connectivity index (χ1) is 15.9. The van der Waals surface area contributed by atoms with Gasteiger partial charge in [-0.1, -0.05) is 0 Å². The van der Waals surface area contributed by atoms with Crippen molar-refractivity contribution >= 4 is 24.2 Å². The summed E-state index contributed by atoms with van der Waals surface area (Å²) in [5.74, 6) is -4.76. The zero-order chi connectivity index (χ0) is 26.9. The summed E-state index contributed by atoms with van der Waals surface area (Å²) in [6.07, 6.45) is -10.4. The van der Waals surface area contributed by atoms with E-state index in [4.69, 9.17) is 14.2 Å². The van der Waals surface area contributed by atoms with Crippen LogP contribution in [0.2, 0.25) is 0 Å². The molecule has 2 amide bonds. The Balaban J connectivity index is 2.37. The molecule has 1 aliphatic heterocycles. The van der Waals surface area contributed by atoms with E-state index < -0.39 is 72.0 Å². The van der Waals surface area contributed by atoms with Crippen molar-refractivity contribution in [1.82, 2.24) is 9.55 Å². The van der Waals surface area contributed by atoms with Crippen LogP contribution in [-0.2, 0) is 18.9 Å². The first-order valence-electron chi connectivity index (χ1n) is 10.3. The summed E-state index contributed by atoms with van der Waals surface area (Å²) in [7, 11) is 0. The number of hydrogen-bond donors (Lipinski definition) is 2. The molecule has 1 aliphatic rings. The minimum absolute atomic E-state index is 0.0234. The van der Waals surface area contributed by atoms with E-state index in [1.807, 2.05) is 0 Å². The summed E-state index contributed by atoms with van der Waals surface area (Å²) in [5.41, 5.74) is -3.56. The molecule has 1 saturated heterocycles. The Morgan fingerprint density at radius 3 is 2.20 bits per heavy atom. The number of carboxylic acid groups (broad SMARTS) is 1. The van der Waals surface area contributed by atoms with Gasteiger partial charge in [-0.2, -0.15) is 18.7 Å². The van der Waals surface area contributed by atoms with Gasteiger partial charge < -0.3 is 29.2 Å². The molecule has 13 nitrogen and oxygen atoms in total. The summed E-state index contributed by atoms with van der Waals surface area (Å²) >= 11 is 0. The number of amides is 2. The number of alkyl halides is 2. The third-order valence-electron chi connectivity index (χ3n) is 4.21. The van der Waals surface area contributed by atoms with Crippen LogP contribution in [0.15, 0.2) is 17.1 Å². The Bertz CT molecular complexity index is 1030. The summed E-state index contributed by atoms with van der Waals surface area (Å²) in [4.78, 5) is 51.6. The van der Waals surface area contributed by atoms with Gasteiger partial charge in [0, 0.05) is 6.20 Å². The lowest BCUT2D eigenvalue weighted by Crippen LogP contribution is -2.45. The first-order valence-corrected chi connectivity index (χ1v) is 10.3. The highest BCUT2D eigenvalue weighted by atomic mass is 19.3. The standard InChI is InChI=1S/C20H27F2N3O10/c1-18(2,3)34-16(30)25(15(28)29)11-7-8-24(14(27)23-11)13-20(21,22)12(10(9-26)32-13)33-17(31)35-19(4,5)6/h7-8,10,12-13,26H,9H2,1-6H3,(H,28,29)/t10-,12+,13-/m1/s1. The molecule has 35 heavy (non-hydrogen) atoms. The number of aliphatic hydroxyl groups excluding tert-OH is 1. The maximum Gasteiger partial charge on any atom is 0.509 e. The van der Waals surface area contributed by atoms with Gasteiger partial charge in [0.25, 0.3) is 0 Å². The Kier molecular flexibility index (Phi) is 7.76. The quantitative estimate of drug-likeness (QED) is 0.575. The van der Waals surface area contributed by atoms with E-state index in [0.717, 1.165) is 6.07 Å². The Hall–Kier alpha value is -3.33. The van der Waals surface area contributed by atoms with E-state index in [-0.39, 0.29) is 4.90 Å². The van der Waals surface area contributed by atoms with Gasteiger partial charge in [0.05, 0.1) is 6.61 Å². The normalized spacial score (nSPS) is 21.8. The van der Waals surface area contributed by atoms with Crippen LogP contribution >= 0.6 is 0 Å². The smallest absolute Gasteiger partial charge is 0.464 e. The van der Waals surface area contributed by atoms with Crippen LogP contribution in [0.1, 0.15) is 47.8 Å². The Morgan fingerprint density at radius 2 is 1.74 bits per heavy atom. The van der Waals surface area contributed by atoms with Gasteiger partial charge in [-0.05, 0) is 47.6 Å². The molecule has 0 aliphatic carbocycles. The van der Waals surface area contributed by atoms with Crippen molar-refractivity contribution < 1.29 is 52.3 Å². The number of nitrogens with zero attached hydrogens (tertiary/aromatic N) is 3. The zero-order valence-electron chi connectivity index (χ0n) is 19.9. The molecule has 196 valence electrons. The van der Waals surface area contributed by atoms with Crippen molar-refractivity contribution in [2.75, 3.05) is 11.5 Å². The lowest BCUT2D eigenvalue weighted by molar-refractivity contribution is -0.149. The number of aromatic nitrogens is 2. The molecule has 1 aromatic heterocycles. The molecule has 0 bridgehead atoms. The van der Waals surface area contributed by atoms with Crippen molar-refractivity contribution in [3.63, 3.8) is 0 Å². The molecule has 3 atom stereocenters. The summed E-state index contributed by atoms with van der Waals surface area (Å²) < 4.78 is 50.1. The van der Waals surface area contributed by atoms with E-state index in [1.165, 1.54) is 41.5 Å². The van der Waals surface area contributed by atoms with Crippen LogP contribution in [0.4, 0.5) is 29.0 Å². The molecule has 0 radical (unpaired) electrons. The summed E-state index contributed by atoms with van der Waals surface area (Å²) in [5, 5.41) is 18.8. The van der Waals surface area contributed by atoms with Crippen LogP contribution in [0, 0.1) is 0 Å². The predicted octanol–water partition coefficient (Wildman–Crippen LogP) is 2.51. The number of hydrogen-bond acceptors (Lipinski definition) is 10. The summed E-state index contributed by atoms with van der Waals surface area (Å²) in [6.45, 7) is 7.87. The summed E-state index contributed by atoms with van der Waals surface area (Å²) in [6, 6.07) is 0.800. The topological polar surface area (TPSA) is 167 Å². The fourth-order valence-corrected chi connectivity index (χ4v) is 2.92. The van der Waals surface area contributed by atoms with Crippen LogP contribution in [0.25, 0.3) is 0 Å². The second-order valence-corrected chi connectivity index (χ2v) is 9.46. The maximum atomic E-state index is 15.1. The van der Waals surface area contributed by atoms with Crippen LogP contribution in [-0.4, -0.2) is 74.0 Å². The van der Waals surface area contributed by atoms with Gasteiger partial charge in [-0.3, -0.25) is 4.57 Å². The van der Waals surface area contributed by atoms with Crippen molar-refractivity contribution in [2.24, 2.45) is 0 Å². The maximum absolute atomic E-state index is 15.1. The fraction of sp³-hybridized carbons (Fsp3) is 0.650. The SMILES string of the molecule is CC(C)(C)OC(=O)O[C@H]1[C@@H](CO)O[C@@H](n2ccc(N(C(=O)O)C(=O)OC(C)(C)C)nc2=O)C1(F)F. The van der Waals surface area contributed by atoms with E-state index in [1.54, 1.807) is 0 Å². The Morgan fingerprint density at radius 1 is 1.17 bits per heavy atom. The number of carbonyl (C=O) groups is 3. The molecule has 2 heterocycles. The lowest BCUT2D eigenvalue weighted by Gasteiger charge is -2.26. The lowest BCUT2D eigenvalue weighted by atomic mass is 10.1. The van der Waals surface area contributed by atoms with E-state index in [2.05, 4.69) is 9.72 Å². The van der Waals surface area contributed by atoms with E-state index in [0.29, 0.717) is 10.8 Å². The predicted molar refractivity (Wildman–Crippen MR) is 112 cm³/mol. The second kappa shape index (κ2) is 9.73. The highest BCUT2D eigenvalue weighted by Gasteiger charge is 2.62. The van der Waals surface area contributed by atoms with Crippen LogP contribution in [0.3, 0.4) is 0 Å². The number of anilines is 1. The molecule has 1 aromatic rings. The van der Waals surface area contributed by atoms with Crippen molar-refractivity contribution in [1.29, 1.82) is 0 Å². The van der Waals surface area contributed by atoms with Gasteiger partial charge in [0.2, 0.25) is 12.3 Å². The molecule has 1 fully saturated rings. The molecule has 2 N–H and O–H groups in total. The number of ether oxygens (including phenoxy) is 4. The van der Waals surface area contributed by atoms with Crippen molar-refractivity contribution in [3.8, 4) is 0 Å². The molecule has 2 rings (SSSR count). The zero-order valence-corrected chi connectivity index (χ0v) is 19.9. The Labute approximate surface area is 198 Å². The van der Waals surface area contributed by atoms with Gasteiger partial charge in [-0.25, -0.2) is 19.2 Å². The fourth-order valence-electron chi connectivity index (χ4n) is 2.92. The average Bonchev–Trinajstić information content (AvgIpc) is 2.89. The number of halogens is 2. The van der Waals surface area contributed by atoms with Crippen LogP contribution < -0.4 is 10.6 Å². The molecule has 0 saturated carbocycles. The third kappa shape index (κ3) is 6.63. The van der Waals surface area contributed by atoms with Gasteiger partial charge in [-0.15, -0.1) is 0 Å². The second-order valence-electron chi connectivity index (χ2n) is 9.46. The third-order valence-corrected chi connectivity index (χ3v) is 4.21. The highest BCUT2D eigenvalue weighted by molar-refractivity contribution is 6.07. The largest absolute Gasteiger partial charge is 0.509 e. The molecular formula is C20H27F2N3O10. The van der Waals surface area contributed by atoms with Gasteiger partial charge in [0.15, 0.2) is 5.82 Å². The van der Waals surface area contributed by atoms with Crippen LogP contribution in [0.5, 0.6) is 0 Å². The highest BCUT2D eigenvalue weighted by Crippen LogP contribution is 2.44. The molecule has 0 unspecified atom stereocenters. The van der Waals surface area contributed by atoms with E-state index >= 15 is 8.78 Å². The molecular weight excluding hydrogens is 480 g/mol. The molecule has 0 spiro atoms.